The zero-order chi connectivity index (χ0) is 24.0. The topological polar surface area (TPSA) is 102 Å². The Kier molecular flexibility index (Phi) is 7.75. The molecule has 9 heteroatoms. The molecule has 2 N–H and O–H groups in total. The van der Waals surface area contributed by atoms with Crippen LogP contribution < -0.4 is 10.2 Å². The predicted octanol–water partition coefficient (Wildman–Crippen LogP) is 4.22. The number of methoxy groups -OCH3 is 1. The minimum atomic E-state index is -0.291. The van der Waals surface area contributed by atoms with Gasteiger partial charge in [-0.05, 0) is 30.0 Å². The number of ether oxygens (including phenoxy) is 1. The van der Waals surface area contributed by atoms with Crippen molar-refractivity contribution in [3.05, 3.63) is 53.6 Å². The number of aromatic nitrogens is 3. The lowest BCUT2D eigenvalue weighted by Gasteiger charge is -2.19. The SMILES string of the molecule is CCn1c(SCC(=O)N/N=C\c2cccc(OC)c2O)nnc1-c1ccc(C(C)(C)C)cc1. The third-order valence-electron chi connectivity index (χ3n) is 5.02. The van der Waals surface area contributed by atoms with Gasteiger partial charge in [0.2, 0.25) is 0 Å². The number of amides is 1. The van der Waals surface area contributed by atoms with Crippen LogP contribution in [0.25, 0.3) is 11.4 Å². The van der Waals surface area contributed by atoms with Crippen molar-refractivity contribution in [2.24, 2.45) is 5.10 Å². The van der Waals surface area contributed by atoms with Gasteiger partial charge in [-0.25, -0.2) is 5.43 Å². The lowest BCUT2D eigenvalue weighted by molar-refractivity contribution is -0.118. The molecule has 2 aromatic carbocycles. The largest absolute Gasteiger partial charge is 0.504 e. The quantitative estimate of drug-likeness (QED) is 0.292. The molecule has 1 aromatic heterocycles. The number of aromatic hydroxyl groups is 1. The van der Waals surface area contributed by atoms with E-state index in [9.17, 15) is 9.90 Å². The van der Waals surface area contributed by atoms with Crippen LogP contribution in [0, 0.1) is 0 Å². The first-order valence-electron chi connectivity index (χ1n) is 10.6. The van der Waals surface area contributed by atoms with E-state index in [-0.39, 0.29) is 22.8 Å². The number of carbonyl (C=O) groups excluding carboxylic acids is 1. The number of hydrogen-bond acceptors (Lipinski definition) is 7. The second-order valence-electron chi connectivity index (χ2n) is 8.36. The number of benzene rings is 2. The molecule has 0 spiro atoms. The number of phenolic OH excluding ortho intramolecular Hbond substituents is 1. The van der Waals surface area contributed by atoms with E-state index in [1.54, 1.807) is 18.2 Å². The number of hydrazone groups is 1. The van der Waals surface area contributed by atoms with Crippen LogP contribution in [0.2, 0.25) is 0 Å². The third kappa shape index (κ3) is 5.92. The Bertz CT molecular complexity index is 1130. The molecule has 0 aliphatic carbocycles. The second kappa shape index (κ2) is 10.5. The van der Waals surface area contributed by atoms with Gasteiger partial charge in [-0.3, -0.25) is 4.79 Å². The monoisotopic (exact) mass is 467 g/mol. The van der Waals surface area contributed by atoms with Crippen LogP contribution >= 0.6 is 11.8 Å². The van der Waals surface area contributed by atoms with Crippen molar-refractivity contribution in [2.45, 2.75) is 44.8 Å². The van der Waals surface area contributed by atoms with E-state index in [2.05, 4.69) is 65.8 Å². The summed E-state index contributed by atoms with van der Waals surface area (Å²) in [6, 6.07) is 13.4. The molecule has 8 nitrogen and oxygen atoms in total. The van der Waals surface area contributed by atoms with Gasteiger partial charge >= 0.3 is 0 Å². The summed E-state index contributed by atoms with van der Waals surface area (Å²) < 4.78 is 7.05. The highest BCUT2D eigenvalue weighted by Gasteiger charge is 2.17. The molecule has 0 atom stereocenters. The van der Waals surface area contributed by atoms with E-state index in [0.717, 1.165) is 11.4 Å². The Balaban J connectivity index is 1.63. The van der Waals surface area contributed by atoms with Crippen LogP contribution in [0.5, 0.6) is 11.5 Å². The molecule has 174 valence electrons. The smallest absolute Gasteiger partial charge is 0.250 e. The summed E-state index contributed by atoms with van der Waals surface area (Å²) in [5.74, 6) is 0.908. The lowest BCUT2D eigenvalue weighted by Crippen LogP contribution is -2.20. The standard InChI is InChI=1S/C24H29N5O3S/c1-6-29-22(16-10-12-18(13-11-16)24(2,3)4)27-28-23(29)33-15-20(30)26-25-14-17-8-7-9-19(32-5)21(17)31/h7-14,31H,6,15H2,1-5H3,(H,26,30)/b25-14-. The minimum Gasteiger partial charge on any atom is -0.504 e. The number of carbonyl (C=O) groups is 1. The van der Waals surface area contributed by atoms with E-state index in [1.165, 1.54) is 30.6 Å². The highest BCUT2D eigenvalue weighted by Crippen LogP contribution is 2.29. The Hall–Kier alpha value is -3.33. The lowest BCUT2D eigenvalue weighted by atomic mass is 9.87. The molecule has 0 saturated heterocycles. The van der Waals surface area contributed by atoms with Crippen LogP contribution in [0.15, 0.2) is 52.7 Å². The van der Waals surface area contributed by atoms with Crippen molar-refractivity contribution in [2.75, 3.05) is 12.9 Å². The Morgan fingerprint density at radius 3 is 2.58 bits per heavy atom. The van der Waals surface area contributed by atoms with Gasteiger partial charge < -0.3 is 14.4 Å². The summed E-state index contributed by atoms with van der Waals surface area (Å²) in [6.07, 6.45) is 1.37. The van der Waals surface area contributed by atoms with E-state index >= 15 is 0 Å². The minimum absolute atomic E-state index is 0.0357. The molecule has 1 heterocycles. The van der Waals surface area contributed by atoms with Crippen LogP contribution in [0.1, 0.15) is 38.8 Å². The zero-order valence-electron chi connectivity index (χ0n) is 19.5. The zero-order valence-corrected chi connectivity index (χ0v) is 20.3. The Labute approximate surface area is 198 Å². The average Bonchev–Trinajstić information content (AvgIpc) is 3.21. The molecule has 0 radical (unpaired) electrons. The van der Waals surface area contributed by atoms with Crippen LogP contribution in [-0.4, -0.2) is 44.9 Å². The van der Waals surface area contributed by atoms with Gasteiger partial charge in [-0.15, -0.1) is 10.2 Å². The van der Waals surface area contributed by atoms with E-state index in [4.69, 9.17) is 4.74 Å². The first kappa shape index (κ1) is 24.3. The van der Waals surface area contributed by atoms with Gasteiger partial charge in [0.1, 0.15) is 0 Å². The normalized spacial score (nSPS) is 11.7. The molecule has 0 fully saturated rings. The summed E-state index contributed by atoms with van der Waals surface area (Å²) in [5, 5.41) is 23.3. The third-order valence-corrected chi connectivity index (χ3v) is 5.98. The summed E-state index contributed by atoms with van der Waals surface area (Å²) in [5.41, 5.74) is 5.22. The van der Waals surface area contributed by atoms with Crippen molar-refractivity contribution >= 4 is 23.9 Å². The van der Waals surface area contributed by atoms with E-state index in [1.807, 2.05) is 11.5 Å². The van der Waals surface area contributed by atoms with E-state index < -0.39 is 0 Å². The van der Waals surface area contributed by atoms with Gasteiger partial charge in [-0.2, -0.15) is 5.10 Å². The highest BCUT2D eigenvalue weighted by atomic mass is 32.2. The Morgan fingerprint density at radius 2 is 1.94 bits per heavy atom. The fourth-order valence-corrected chi connectivity index (χ4v) is 3.95. The van der Waals surface area contributed by atoms with Crippen molar-refractivity contribution in [1.82, 2.24) is 20.2 Å². The van der Waals surface area contributed by atoms with Crippen LogP contribution in [0.3, 0.4) is 0 Å². The molecular formula is C24H29N5O3S. The van der Waals surface area contributed by atoms with E-state index in [0.29, 0.717) is 23.0 Å². The number of nitrogens with one attached hydrogen (secondary N) is 1. The van der Waals surface area contributed by atoms with Crippen LogP contribution in [0.4, 0.5) is 0 Å². The maximum Gasteiger partial charge on any atom is 0.250 e. The number of hydrogen-bond donors (Lipinski definition) is 2. The number of phenols is 1. The second-order valence-corrected chi connectivity index (χ2v) is 9.30. The molecule has 3 rings (SSSR count). The van der Waals surface area contributed by atoms with Gasteiger partial charge in [-0.1, -0.05) is 62.9 Å². The summed E-state index contributed by atoms with van der Waals surface area (Å²) >= 11 is 1.29. The number of para-hydroxylation sites is 1. The first-order chi connectivity index (χ1) is 15.7. The van der Waals surface area contributed by atoms with Crippen LogP contribution in [-0.2, 0) is 16.8 Å². The molecule has 0 unspecified atom stereocenters. The number of rotatable bonds is 8. The van der Waals surface area contributed by atoms with Crippen molar-refractivity contribution in [3.8, 4) is 22.9 Å². The molecule has 0 aliphatic rings. The molecule has 0 bridgehead atoms. The molecule has 0 saturated carbocycles. The first-order valence-corrected chi connectivity index (χ1v) is 11.6. The Morgan fingerprint density at radius 1 is 1.21 bits per heavy atom. The molecule has 33 heavy (non-hydrogen) atoms. The van der Waals surface area contributed by atoms with Gasteiger partial charge in [0.05, 0.1) is 19.1 Å². The fraction of sp³-hybridized carbons (Fsp3) is 0.333. The number of thioether (sulfide) groups is 1. The fourth-order valence-electron chi connectivity index (χ4n) is 3.16. The molecular weight excluding hydrogens is 438 g/mol. The summed E-state index contributed by atoms with van der Waals surface area (Å²) in [4.78, 5) is 12.2. The summed E-state index contributed by atoms with van der Waals surface area (Å²) in [7, 11) is 1.47. The average molecular weight is 468 g/mol. The highest BCUT2D eigenvalue weighted by molar-refractivity contribution is 7.99. The van der Waals surface area contributed by atoms with Crippen molar-refractivity contribution in [1.29, 1.82) is 0 Å². The van der Waals surface area contributed by atoms with Crippen molar-refractivity contribution in [3.63, 3.8) is 0 Å². The van der Waals surface area contributed by atoms with Gasteiger partial charge in [0.15, 0.2) is 22.5 Å². The van der Waals surface area contributed by atoms with Crippen molar-refractivity contribution < 1.29 is 14.6 Å². The van der Waals surface area contributed by atoms with Gasteiger partial charge in [0.25, 0.3) is 5.91 Å². The maximum absolute atomic E-state index is 12.2. The molecule has 0 aliphatic heterocycles. The maximum atomic E-state index is 12.2. The predicted molar refractivity (Wildman–Crippen MR) is 131 cm³/mol. The molecule has 1 amide bonds. The molecule has 3 aromatic rings. The number of nitrogens with zero attached hydrogens (tertiary/aromatic N) is 4. The van der Waals surface area contributed by atoms with Gasteiger partial charge in [0, 0.05) is 17.7 Å². The summed E-state index contributed by atoms with van der Waals surface area (Å²) in [6.45, 7) is 9.24.